The molecular weight excluding hydrogens is 360 g/mol. The average Bonchev–Trinajstić information content (AvgIpc) is 3.38. The number of nitrogens with zero attached hydrogens (tertiary/aromatic N) is 3. The van der Waals surface area contributed by atoms with Gasteiger partial charge in [0, 0.05) is 32.1 Å². The summed E-state index contributed by atoms with van der Waals surface area (Å²) < 4.78 is 0. The number of nitro groups is 1. The third kappa shape index (κ3) is 5.78. The smallest absolute Gasteiger partial charge is 0.274 e. The van der Waals surface area contributed by atoms with Gasteiger partial charge in [0.1, 0.15) is 0 Å². The average molecular weight is 386 g/mol. The molecule has 8 heteroatoms. The molecule has 2 rings (SSSR count). The van der Waals surface area contributed by atoms with Crippen molar-refractivity contribution in [3.8, 4) is 6.07 Å². The highest BCUT2D eigenvalue weighted by Gasteiger charge is 2.32. The standard InChI is InChI=1S/C20H26N4O4/c1-20(2,3)10-18(25)23(4)12-13-5-8-15(17(9-13)24(27)28)16(11-21)19(26)22-14-6-7-14/h5,8-9,14,16H,6-7,10,12H2,1-4H3,(H,22,26). The molecule has 2 amide bonds. The maximum absolute atomic E-state index is 12.3. The van der Waals surface area contributed by atoms with Crippen LogP contribution < -0.4 is 5.32 Å². The normalized spacial score (nSPS) is 14.7. The van der Waals surface area contributed by atoms with E-state index in [4.69, 9.17) is 0 Å². The molecule has 1 N–H and O–H groups in total. The lowest BCUT2D eigenvalue weighted by molar-refractivity contribution is -0.385. The molecule has 0 spiro atoms. The van der Waals surface area contributed by atoms with Crippen LogP contribution in [0.5, 0.6) is 0 Å². The Labute approximate surface area is 164 Å². The Bertz CT molecular complexity index is 818. The molecule has 0 heterocycles. The van der Waals surface area contributed by atoms with Gasteiger partial charge in [-0.15, -0.1) is 0 Å². The lowest BCUT2D eigenvalue weighted by Gasteiger charge is -2.23. The van der Waals surface area contributed by atoms with Crippen molar-refractivity contribution in [2.45, 2.75) is 58.5 Å². The molecule has 0 bridgehead atoms. The van der Waals surface area contributed by atoms with E-state index in [0.29, 0.717) is 12.0 Å². The summed E-state index contributed by atoms with van der Waals surface area (Å²) in [6.45, 7) is 6.11. The molecule has 1 aliphatic carbocycles. The van der Waals surface area contributed by atoms with Crippen molar-refractivity contribution in [3.63, 3.8) is 0 Å². The van der Waals surface area contributed by atoms with Crippen LogP contribution in [0.15, 0.2) is 18.2 Å². The topological polar surface area (TPSA) is 116 Å². The summed E-state index contributed by atoms with van der Waals surface area (Å²) in [5, 5.41) is 23.7. The first kappa shape index (κ1) is 21.4. The monoisotopic (exact) mass is 386 g/mol. The zero-order valence-electron chi connectivity index (χ0n) is 16.7. The Morgan fingerprint density at radius 1 is 1.39 bits per heavy atom. The molecule has 1 unspecified atom stereocenters. The summed E-state index contributed by atoms with van der Waals surface area (Å²) >= 11 is 0. The van der Waals surface area contributed by atoms with Crippen molar-refractivity contribution >= 4 is 17.5 Å². The molecule has 1 aliphatic rings. The molecule has 1 aromatic carbocycles. The molecule has 1 atom stereocenters. The lowest BCUT2D eigenvalue weighted by Crippen LogP contribution is -2.31. The summed E-state index contributed by atoms with van der Waals surface area (Å²) in [6, 6.07) is 6.33. The number of nitrogens with one attached hydrogen (secondary N) is 1. The van der Waals surface area contributed by atoms with Crippen LogP contribution >= 0.6 is 0 Å². The second-order valence-electron chi connectivity index (χ2n) is 8.48. The van der Waals surface area contributed by atoms with Crippen LogP contribution in [0.1, 0.15) is 57.1 Å². The number of benzene rings is 1. The highest BCUT2D eigenvalue weighted by Crippen LogP contribution is 2.30. The molecule has 150 valence electrons. The van der Waals surface area contributed by atoms with Gasteiger partial charge in [0.15, 0.2) is 5.92 Å². The minimum Gasteiger partial charge on any atom is -0.352 e. The van der Waals surface area contributed by atoms with E-state index < -0.39 is 16.7 Å². The van der Waals surface area contributed by atoms with Gasteiger partial charge in [-0.2, -0.15) is 5.26 Å². The van der Waals surface area contributed by atoms with Crippen molar-refractivity contribution in [1.82, 2.24) is 10.2 Å². The van der Waals surface area contributed by atoms with Crippen LogP contribution in [0.4, 0.5) is 5.69 Å². The van der Waals surface area contributed by atoms with Crippen LogP contribution in [0.3, 0.4) is 0 Å². The van der Waals surface area contributed by atoms with Gasteiger partial charge in [-0.1, -0.05) is 26.8 Å². The second-order valence-corrected chi connectivity index (χ2v) is 8.48. The number of hydrogen-bond donors (Lipinski definition) is 1. The van der Waals surface area contributed by atoms with Crippen molar-refractivity contribution in [1.29, 1.82) is 5.26 Å². The van der Waals surface area contributed by atoms with E-state index in [2.05, 4.69) is 5.32 Å². The van der Waals surface area contributed by atoms with E-state index in [-0.39, 0.29) is 35.2 Å². The number of nitriles is 1. The Kier molecular flexibility index (Phi) is 6.39. The summed E-state index contributed by atoms with van der Waals surface area (Å²) in [7, 11) is 1.65. The van der Waals surface area contributed by atoms with Gasteiger partial charge in [-0.05, 0) is 29.9 Å². The number of carbonyl (C=O) groups is 2. The van der Waals surface area contributed by atoms with Gasteiger partial charge in [-0.25, -0.2) is 0 Å². The van der Waals surface area contributed by atoms with E-state index in [0.717, 1.165) is 12.8 Å². The Morgan fingerprint density at radius 2 is 2.04 bits per heavy atom. The summed E-state index contributed by atoms with van der Waals surface area (Å²) in [5.41, 5.74) is 0.195. The fourth-order valence-corrected chi connectivity index (χ4v) is 2.82. The zero-order chi connectivity index (χ0) is 21.1. The molecule has 1 saturated carbocycles. The Balaban J connectivity index is 2.22. The van der Waals surface area contributed by atoms with Gasteiger partial charge < -0.3 is 10.2 Å². The molecular formula is C20H26N4O4. The van der Waals surface area contributed by atoms with Crippen molar-refractivity contribution in [2.75, 3.05) is 7.05 Å². The van der Waals surface area contributed by atoms with Crippen LogP contribution in [0.25, 0.3) is 0 Å². The minimum absolute atomic E-state index is 0.0575. The minimum atomic E-state index is -1.24. The third-order valence-corrected chi connectivity index (χ3v) is 4.44. The van der Waals surface area contributed by atoms with Gasteiger partial charge >= 0.3 is 0 Å². The molecule has 0 aromatic heterocycles. The van der Waals surface area contributed by atoms with Gasteiger partial charge in [0.25, 0.3) is 5.69 Å². The number of hydrogen-bond acceptors (Lipinski definition) is 5. The molecule has 0 radical (unpaired) electrons. The number of nitro benzene ring substituents is 1. The summed E-state index contributed by atoms with van der Waals surface area (Å²) in [4.78, 5) is 37.0. The van der Waals surface area contributed by atoms with Gasteiger partial charge in [-0.3, -0.25) is 19.7 Å². The lowest BCUT2D eigenvalue weighted by atomic mass is 9.91. The quantitative estimate of drug-likeness (QED) is 0.571. The first-order valence-electron chi connectivity index (χ1n) is 9.23. The zero-order valence-corrected chi connectivity index (χ0v) is 16.7. The fraction of sp³-hybridized carbons (Fsp3) is 0.550. The highest BCUT2D eigenvalue weighted by atomic mass is 16.6. The molecule has 1 aromatic rings. The number of amides is 2. The molecule has 28 heavy (non-hydrogen) atoms. The van der Waals surface area contributed by atoms with Gasteiger partial charge in [0.2, 0.25) is 11.8 Å². The van der Waals surface area contributed by atoms with Crippen LogP contribution in [-0.4, -0.2) is 34.7 Å². The van der Waals surface area contributed by atoms with E-state index in [9.17, 15) is 25.0 Å². The van der Waals surface area contributed by atoms with E-state index in [1.54, 1.807) is 13.1 Å². The van der Waals surface area contributed by atoms with Crippen LogP contribution in [0, 0.1) is 26.9 Å². The maximum atomic E-state index is 12.3. The van der Waals surface area contributed by atoms with E-state index >= 15 is 0 Å². The molecule has 0 aliphatic heterocycles. The second kappa shape index (κ2) is 8.38. The summed E-state index contributed by atoms with van der Waals surface area (Å²) in [5.74, 6) is -1.81. The Morgan fingerprint density at radius 3 is 2.54 bits per heavy atom. The van der Waals surface area contributed by atoms with Crippen LogP contribution in [-0.2, 0) is 16.1 Å². The Hall–Kier alpha value is -2.95. The van der Waals surface area contributed by atoms with E-state index in [1.165, 1.54) is 17.0 Å². The fourth-order valence-electron chi connectivity index (χ4n) is 2.82. The van der Waals surface area contributed by atoms with E-state index in [1.807, 2.05) is 26.8 Å². The van der Waals surface area contributed by atoms with Crippen molar-refractivity contribution in [3.05, 3.63) is 39.4 Å². The molecule has 8 nitrogen and oxygen atoms in total. The first-order valence-corrected chi connectivity index (χ1v) is 9.23. The molecule has 0 saturated heterocycles. The first-order chi connectivity index (χ1) is 13.0. The van der Waals surface area contributed by atoms with Crippen LogP contribution in [0.2, 0.25) is 0 Å². The number of rotatable bonds is 7. The summed E-state index contributed by atoms with van der Waals surface area (Å²) in [6.07, 6.45) is 2.08. The predicted octanol–water partition coefficient (Wildman–Crippen LogP) is 2.88. The van der Waals surface area contributed by atoms with Gasteiger partial charge in [0.05, 0.1) is 16.6 Å². The predicted molar refractivity (Wildman–Crippen MR) is 103 cm³/mol. The van der Waals surface area contributed by atoms with Crippen molar-refractivity contribution < 1.29 is 14.5 Å². The number of carbonyl (C=O) groups excluding carboxylic acids is 2. The largest absolute Gasteiger partial charge is 0.352 e. The molecule has 1 fully saturated rings. The maximum Gasteiger partial charge on any atom is 0.274 e. The highest BCUT2D eigenvalue weighted by molar-refractivity contribution is 5.88. The SMILES string of the molecule is CN(Cc1ccc(C(C#N)C(=O)NC2CC2)c([N+](=O)[O-])c1)C(=O)CC(C)(C)C. The van der Waals surface area contributed by atoms with Crippen molar-refractivity contribution in [2.24, 2.45) is 5.41 Å². The third-order valence-electron chi connectivity index (χ3n) is 4.44.